The first-order chi connectivity index (χ1) is 13.0. The Hall–Kier alpha value is -3.68. The summed E-state index contributed by atoms with van der Waals surface area (Å²) in [4.78, 5) is 34.6. The van der Waals surface area contributed by atoms with E-state index in [9.17, 15) is 14.4 Å². The molecule has 0 spiro atoms. The van der Waals surface area contributed by atoms with Crippen molar-refractivity contribution < 1.29 is 19.1 Å². The topological polar surface area (TPSA) is 123 Å². The number of nitrogens with zero attached hydrogens (tertiary/aromatic N) is 1. The molecule has 0 heterocycles. The van der Waals surface area contributed by atoms with Gasteiger partial charge in [0.15, 0.2) is 6.61 Å². The Balaban J connectivity index is 1.91. The molecule has 0 saturated carbocycles. The molecule has 4 N–H and O–H groups in total. The zero-order valence-electron chi connectivity index (χ0n) is 14.8. The van der Waals surface area contributed by atoms with Crippen LogP contribution in [0.3, 0.4) is 0 Å². The number of rotatable bonds is 7. The number of carbonyl (C=O) groups excluding carboxylic acids is 3. The van der Waals surface area contributed by atoms with Crippen molar-refractivity contribution in [1.29, 1.82) is 0 Å². The number of anilines is 1. The average Bonchev–Trinajstić information content (AvgIpc) is 2.67. The van der Waals surface area contributed by atoms with E-state index in [-0.39, 0.29) is 6.61 Å². The molecule has 2 aromatic rings. The maximum absolute atomic E-state index is 12.0. The Morgan fingerprint density at radius 1 is 1.11 bits per heavy atom. The SMILES string of the molecule is CCc1ccccc1NC(=O)C(=O)N/N=C\c1cccc(OCC(N)=O)c1. The van der Waals surface area contributed by atoms with Gasteiger partial charge in [-0.05, 0) is 35.7 Å². The largest absolute Gasteiger partial charge is 0.484 e. The molecular formula is C19H20N4O4. The lowest BCUT2D eigenvalue weighted by atomic mass is 10.1. The lowest BCUT2D eigenvalue weighted by Crippen LogP contribution is -2.32. The highest BCUT2D eigenvalue weighted by molar-refractivity contribution is 6.39. The fraction of sp³-hybridized carbons (Fsp3) is 0.158. The Morgan fingerprint density at radius 3 is 2.63 bits per heavy atom. The van der Waals surface area contributed by atoms with Gasteiger partial charge >= 0.3 is 11.8 Å². The van der Waals surface area contributed by atoms with Crippen molar-refractivity contribution in [3.63, 3.8) is 0 Å². The van der Waals surface area contributed by atoms with Crippen molar-refractivity contribution in [3.05, 3.63) is 59.7 Å². The van der Waals surface area contributed by atoms with Crippen molar-refractivity contribution >= 4 is 29.6 Å². The van der Waals surface area contributed by atoms with E-state index >= 15 is 0 Å². The summed E-state index contributed by atoms with van der Waals surface area (Å²) in [6, 6.07) is 13.9. The minimum Gasteiger partial charge on any atom is -0.484 e. The van der Waals surface area contributed by atoms with Crippen LogP contribution in [0.5, 0.6) is 5.75 Å². The van der Waals surface area contributed by atoms with Crippen molar-refractivity contribution in [2.45, 2.75) is 13.3 Å². The molecule has 0 unspecified atom stereocenters. The van der Waals surface area contributed by atoms with E-state index in [0.717, 1.165) is 12.0 Å². The standard InChI is InChI=1S/C19H20N4O4/c1-2-14-7-3-4-9-16(14)22-18(25)19(26)23-21-11-13-6-5-8-15(10-13)27-12-17(20)24/h3-11H,2,12H2,1H3,(H2,20,24)(H,22,25)(H,23,26)/b21-11-. The van der Waals surface area contributed by atoms with Crippen LogP contribution in [0.4, 0.5) is 5.69 Å². The van der Waals surface area contributed by atoms with Gasteiger partial charge in [0.1, 0.15) is 5.75 Å². The van der Waals surface area contributed by atoms with E-state index in [1.165, 1.54) is 6.21 Å². The molecule has 2 aromatic carbocycles. The lowest BCUT2D eigenvalue weighted by Gasteiger charge is -2.08. The Bertz CT molecular complexity index is 864. The Labute approximate surface area is 156 Å². The van der Waals surface area contributed by atoms with E-state index in [1.807, 2.05) is 19.1 Å². The molecule has 0 radical (unpaired) electrons. The summed E-state index contributed by atoms with van der Waals surface area (Å²) in [6.45, 7) is 1.72. The molecule has 0 atom stereocenters. The molecule has 8 nitrogen and oxygen atoms in total. The monoisotopic (exact) mass is 368 g/mol. The minimum absolute atomic E-state index is 0.239. The van der Waals surface area contributed by atoms with Crippen LogP contribution in [0.25, 0.3) is 0 Å². The van der Waals surface area contributed by atoms with Crippen LogP contribution >= 0.6 is 0 Å². The van der Waals surface area contributed by atoms with Crippen molar-refractivity contribution in [2.75, 3.05) is 11.9 Å². The summed E-state index contributed by atoms with van der Waals surface area (Å²) in [6.07, 6.45) is 2.08. The van der Waals surface area contributed by atoms with Crippen molar-refractivity contribution in [2.24, 2.45) is 10.8 Å². The number of hydrogen-bond acceptors (Lipinski definition) is 5. The third-order valence-corrected chi connectivity index (χ3v) is 3.47. The highest BCUT2D eigenvalue weighted by Gasteiger charge is 2.14. The molecule has 2 rings (SSSR count). The second-order valence-corrected chi connectivity index (χ2v) is 5.49. The number of hydrazone groups is 1. The third kappa shape index (κ3) is 6.28. The van der Waals surface area contributed by atoms with Gasteiger partial charge in [-0.15, -0.1) is 0 Å². The van der Waals surface area contributed by atoms with Gasteiger partial charge in [-0.3, -0.25) is 14.4 Å². The van der Waals surface area contributed by atoms with Crippen LogP contribution in [-0.4, -0.2) is 30.5 Å². The molecule has 8 heteroatoms. The number of aryl methyl sites for hydroxylation is 1. The summed E-state index contributed by atoms with van der Waals surface area (Å²) >= 11 is 0. The molecule has 0 bridgehead atoms. The van der Waals surface area contributed by atoms with Crippen molar-refractivity contribution in [3.8, 4) is 5.75 Å². The summed E-state index contributed by atoms with van der Waals surface area (Å²) < 4.78 is 5.17. The molecule has 27 heavy (non-hydrogen) atoms. The molecule has 3 amide bonds. The first-order valence-corrected chi connectivity index (χ1v) is 8.23. The number of amides is 3. The Morgan fingerprint density at radius 2 is 1.89 bits per heavy atom. The first kappa shape index (κ1) is 19.6. The molecule has 0 aliphatic carbocycles. The van der Waals surface area contributed by atoms with Gasteiger partial charge < -0.3 is 15.8 Å². The zero-order chi connectivity index (χ0) is 19.6. The summed E-state index contributed by atoms with van der Waals surface area (Å²) in [7, 11) is 0. The van der Waals surface area contributed by atoms with Gasteiger partial charge in [0.05, 0.1) is 6.21 Å². The quantitative estimate of drug-likeness (QED) is 0.386. The smallest absolute Gasteiger partial charge is 0.329 e. The lowest BCUT2D eigenvalue weighted by molar-refractivity contribution is -0.136. The van der Waals surface area contributed by atoms with Gasteiger partial charge in [-0.2, -0.15) is 5.10 Å². The zero-order valence-corrected chi connectivity index (χ0v) is 14.8. The van der Waals surface area contributed by atoms with Crippen LogP contribution in [0, 0.1) is 0 Å². The fourth-order valence-electron chi connectivity index (χ4n) is 2.18. The van der Waals surface area contributed by atoms with Crippen LogP contribution in [0.1, 0.15) is 18.1 Å². The molecule has 0 aliphatic heterocycles. The predicted octanol–water partition coefficient (Wildman–Crippen LogP) is 1.20. The predicted molar refractivity (Wildman–Crippen MR) is 101 cm³/mol. The van der Waals surface area contributed by atoms with E-state index < -0.39 is 17.7 Å². The second kappa shape index (κ2) is 9.71. The van der Waals surface area contributed by atoms with Gasteiger partial charge in [-0.1, -0.05) is 37.3 Å². The highest BCUT2D eigenvalue weighted by Crippen LogP contribution is 2.15. The number of primary amides is 1. The van der Waals surface area contributed by atoms with Gasteiger partial charge in [0.25, 0.3) is 5.91 Å². The second-order valence-electron chi connectivity index (χ2n) is 5.49. The molecule has 0 saturated heterocycles. The third-order valence-electron chi connectivity index (χ3n) is 3.47. The van der Waals surface area contributed by atoms with Crippen LogP contribution < -0.4 is 21.2 Å². The molecule has 0 fully saturated rings. The number of hydrogen-bond donors (Lipinski definition) is 3. The van der Waals surface area contributed by atoms with Gasteiger partial charge in [-0.25, -0.2) is 5.43 Å². The average molecular weight is 368 g/mol. The maximum atomic E-state index is 12.0. The highest BCUT2D eigenvalue weighted by atomic mass is 16.5. The number of carbonyl (C=O) groups is 3. The van der Waals surface area contributed by atoms with E-state index in [0.29, 0.717) is 17.0 Å². The van der Waals surface area contributed by atoms with Crippen molar-refractivity contribution in [1.82, 2.24) is 5.43 Å². The van der Waals surface area contributed by atoms with Gasteiger partial charge in [0.2, 0.25) is 0 Å². The van der Waals surface area contributed by atoms with E-state index in [4.69, 9.17) is 10.5 Å². The van der Waals surface area contributed by atoms with Crippen LogP contribution in [0.15, 0.2) is 53.6 Å². The van der Waals surface area contributed by atoms with Gasteiger partial charge in [0, 0.05) is 5.69 Å². The number of para-hydroxylation sites is 1. The number of ether oxygens (including phenoxy) is 1. The van der Waals surface area contributed by atoms with Crippen LogP contribution in [0.2, 0.25) is 0 Å². The number of nitrogens with two attached hydrogens (primary N) is 1. The molecule has 0 aliphatic rings. The first-order valence-electron chi connectivity index (χ1n) is 8.23. The Kier molecular flexibility index (Phi) is 7.07. The molecule has 140 valence electrons. The number of benzene rings is 2. The van der Waals surface area contributed by atoms with Crippen LogP contribution in [-0.2, 0) is 20.8 Å². The minimum atomic E-state index is -0.890. The maximum Gasteiger partial charge on any atom is 0.329 e. The summed E-state index contributed by atoms with van der Waals surface area (Å²) in [5.41, 5.74) is 9.30. The van der Waals surface area contributed by atoms with E-state index in [2.05, 4.69) is 15.8 Å². The normalized spacial score (nSPS) is 10.4. The number of nitrogens with one attached hydrogen (secondary N) is 2. The summed E-state index contributed by atoms with van der Waals surface area (Å²) in [5, 5.41) is 6.31. The summed E-state index contributed by atoms with van der Waals surface area (Å²) in [5.74, 6) is -1.86. The molecule has 0 aromatic heterocycles. The molecular weight excluding hydrogens is 348 g/mol. The van der Waals surface area contributed by atoms with E-state index in [1.54, 1.807) is 36.4 Å². The fourth-order valence-corrected chi connectivity index (χ4v) is 2.18.